The summed E-state index contributed by atoms with van der Waals surface area (Å²) in [6.07, 6.45) is 3.57. The number of carbonyl (C=O) groups excluding carboxylic acids is 1. The molecule has 0 radical (unpaired) electrons. The number of carbonyl (C=O) groups is 1. The second-order valence-electron chi connectivity index (χ2n) is 4.99. The summed E-state index contributed by atoms with van der Waals surface area (Å²) in [6.45, 7) is -2.86. The predicted molar refractivity (Wildman–Crippen MR) is 78.0 cm³/mol. The van der Waals surface area contributed by atoms with Crippen LogP contribution < -0.4 is 15.8 Å². The lowest BCUT2D eigenvalue weighted by atomic mass is 9.91. The molecule has 118 valence electrons. The minimum absolute atomic E-state index is 0. The molecule has 3 N–H and O–H groups in total. The third-order valence-electron chi connectivity index (χ3n) is 3.45. The number of hydrogen-bond acceptors (Lipinski definition) is 3. The maximum absolute atomic E-state index is 12.0. The van der Waals surface area contributed by atoms with E-state index in [1.807, 2.05) is 0 Å². The Hall–Kier alpha value is -1.40. The van der Waals surface area contributed by atoms with Crippen LogP contribution >= 0.6 is 12.4 Å². The third-order valence-corrected chi connectivity index (χ3v) is 3.45. The van der Waals surface area contributed by atoms with Crippen LogP contribution in [0.2, 0.25) is 0 Å². The van der Waals surface area contributed by atoms with Crippen LogP contribution in [-0.4, -0.2) is 24.6 Å². The standard InChI is InChI=1S/C14H18F2N2O2.ClH/c15-14(16)20-12-7-1-9(2-8-12)13(19)18-11-5-3-10(17)4-6-11;/h1-2,7-8,10-11,14H,3-6,17H2,(H,18,19);1H. The number of benzene rings is 1. The molecule has 0 aromatic heterocycles. The number of hydrogen-bond donors (Lipinski definition) is 2. The molecule has 1 aliphatic carbocycles. The van der Waals surface area contributed by atoms with Crippen molar-refractivity contribution in [2.45, 2.75) is 44.4 Å². The highest BCUT2D eigenvalue weighted by Gasteiger charge is 2.20. The van der Waals surface area contributed by atoms with Gasteiger partial charge in [0.25, 0.3) is 5.91 Å². The van der Waals surface area contributed by atoms with Crippen molar-refractivity contribution in [3.05, 3.63) is 29.8 Å². The van der Waals surface area contributed by atoms with E-state index in [0.717, 1.165) is 25.7 Å². The van der Waals surface area contributed by atoms with E-state index in [0.29, 0.717) is 5.56 Å². The van der Waals surface area contributed by atoms with Crippen LogP contribution in [0.15, 0.2) is 24.3 Å². The van der Waals surface area contributed by atoms with Gasteiger partial charge in [0.1, 0.15) is 5.75 Å². The number of halogens is 3. The van der Waals surface area contributed by atoms with Crippen LogP contribution in [0.25, 0.3) is 0 Å². The molecule has 0 saturated heterocycles. The van der Waals surface area contributed by atoms with Gasteiger partial charge in [0.05, 0.1) is 0 Å². The first-order valence-electron chi connectivity index (χ1n) is 6.66. The number of nitrogens with one attached hydrogen (secondary N) is 1. The molecule has 1 aromatic rings. The van der Waals surface area contributed by atoms with Gasteiger partial charge in [-0.05, 0) is 49.9 Å². The Morgan fingerprint density at radius 3 is 2.29 bits per heavy atom. The van der Waals surface area contributed by atoms with Crippen LogP contribution in [0.5, 0.6) is 5.75 Å². The maximum atomic E-state index is 12.0. The van der Waals surface area contributed by atoms with Crippen LogP contribution in [0.4, 0.5) is 8.78 Å². The Kier molecular flexibility index (Phi) is 6.84. The fraction of sp³-hybridized carbons (Fsp3) is 0.500. The topological polar surface area (TPSA) is 64.3 Å². The van der Waals surface area contributed by atoms with Gasteiger partial charge in [-0.3, -0.25) is 4.79 Å². The molecule has 2 rings (SSSR count). The van der Waals surface area contributed by atoms with Crippen molar-refractivity contribution in [3.63, 3.8) is 0 Å². The van der Waals surface area contributed by atoms with Crippen molar-refractivity contribution in [3.8, 4) is 5.75 Å². The molecular weight excluding hydrogens is 302 g/mol. The fourth-order valence-electron chi connectivity index (χ4n) is 2.32. The van der Waals surface area contributed by atoms with E-state index in [4.69, 9.17) is 5.73 Å². The van der Waals surface area contributed by atoms with Gasteiger partial charge >= 0.3 is 6.61 Å². The molecule has 0 unspecified atom stereocenters. The predicted octanol–water partition coefficient (Wildman–Crippen LogP) is 2.71. The molecule has 1 aliphatic rings. The van der Waals surface area contributed by atoms with Gasteiger partial charge in [-0.15, -0.1) is 12.4 Å². The van der Waals surface area contributed by atoms with E-state index in [2.05, 4.69) is 10.1 Å². The van der Waals surface area contributed by atoms with Crippen molar-refractivity contribution in [2.75, 3.05) is 0 Å². The molecule has 1 aromatic carbocycles. The monoisotopic (exact) mass is 320 g/mol. The minimum atomic E-state index is -2.86. The summed E-state index contributed by atoms with van der Waals surface area (Å²) in [6, 6.07) is 6.03. The number of amides is 1. The Morgan fingerprint density at radius 2 is 1.76 bits per heavy atom. The molecule has 1 amide bonds. The quantitative estimate of drug-likeness (QED) is 0.896. The number of alkyl halides is 2. The summed E-state index contributed by atoms with van der Waals surface area (Å²) < 4.78 is 28.2. The average molecular weight is 321 g/mol. The van der Waals surface area contributed by atoms with Crippen molar-refractivity contribution in [2.24, 2.45) is 5.73 Å². The Bertz CT molecular complexity index is 449. The molecule has 0 spiro atoms. The maximum Gasteiger partial charge on any atom is 0.387 e. The van der Waals surface area contributed by atoms with Gasteiger partial charge in [-0.2, -0.15) is 8.78 Å². The van der Waals surface area contributed by atoms with Crippen molar-refractivity contribution in [1.82, 2.24) is 5.32 Å². The van der Waals surface area contributed by atoms with Gasteiger partial charge < -0.3 is 15.8 Å². The van der Waals surface area contributed by atoms with E-state index < -0.39 is 6.61 Å². The average Bonchev–Trinajstić information content (AvgIpc) is 2.41. The molecular formula is C14H19ClF2N2O2. The summed E-state index contributed by atoms with van der Waals surface area (Å²) in [4.78, 5) is 12.0. The zero-order chi connectivity index (χ0) is 14.5. The minimum Gasteiger partial charge on any atom is -0.435 e. The van der Waals surface area contributed by atoms with Gasteiger partial charge in [-0.1, -0.05) is 0 Å². The lowest BCUT2D eigenvalue weighted by molar-refractivity contribution is -0.0498. The zero-order valence-corrected chi connectivity index (χ0v) is 12.2. The van der Waals surface area contributed by atoms with Crippen LogP contribution in [0.3, 0.4) is 0 Å². The summed E-state index contributed by atoms with van der Waals surface area (Å²) in [5.41, 5.74) is 6.24. The smallest absolute Gasteiger partial charge is 0.387 e. The van der Waals surface area contributed by atoms with E-state index in [9.17, 15) is 13.6 Å². The summed E-state index contributed by atoms with van der Waals surface area (Å²) in [5.74, 6) is -0.158. The highest BCUT2D eigenvalue weighted by atomic mass is 35.5. The Labute approximate surface area is 128 Å². The molecule has 1 fully saturated rings. The number of nitrogens with two attached hydrogens (primary N) is 1. The number of rotatable bonds is 4. The first-order chi connectivity index (χ1) is 9.54. The van der Waals surface area contributed by atoms with Crippen LogP contribution in [-0.2, 0) is 0 Å². The fourth-order valence-corrected chi connectivity index (χ4v) is 2.32. The first kappa shape index (κ1) is 17.7. The zero-order valence-electron chi connectivity index (χ0n) is 11.4. The van der Waals surface area contributed by atoms with Crippen molar-refractivity contribution >= 4 is 18.3 Å². The van der Waals surface area contributed by atoms with E-state index in [-0.39, 0.29) is 36.1 Å². The van der Waals surface area contributed by atoms with E-state index in [1.165, 1.54) is 24.3 Å². The molecule has 0 bridgehead atoms. The largest absolute Gasteiger partial charge is 0.435 e. The highest BCUT2D eigenvalue weighted by molar-refractivity contribution is 5.94. The lowest BCUT2D eigenvalue weighted by Gasteiger charge is -2.26. The molecule has 4 nitrogen and oxygen atoms in total. The second kappa shape index (κ2) is 8.14. The molecule has 0 aliphatic heterocycles. The van der Waals surface area contributed by atoms with Crippen molar-refractivity contribution < 1.29 is 18.3 Å². The first-order valence-corrected chi connectivity index (χ1v) is 6.66. The summed E-state index contributed by atoms with van der Waals surface area (Å²) in [7, 11) is 0. The Balaban J connectivity index is 0.00000220. The van der Waals surface area contributed by atoms with Crippen molar-refractivity contribution in [1.29, 1.82) is 0 Å². The summed E-state index contributed by atoms with van der Waals surface area (Å²) >= 11 is 0. The highest BCUT2D eigenvalue weighted by Crippen LogP contribution is 2.18. The normalized spacial score (nSPS) is 21.5. The Morgan fingerprint density at radius 1 is 1.19 bits per heavy atom. The van der Waals surface area contributed by atoms with E-state index >= 15 is 0 Å². The van der Waals surface area contributed by atoms with Crippen LogP contribution in [0.1, 0.15) is 36.0 Å². The number of ether oxygens (including phenoxy) is 1. The summed E-state index contributed by atoms with van der Waals surface area (Å²) in [5, 5.41) is 2.93. The molecule has 7 heteroatoms. The third kappa shape index (κ3) is 5.47. The SMILES string of the molecule is Cl.NC1CCC(NC(=O)c2ccc(OC(F)F)cc2)CC1. The van der Waals surface area contributed by atoms with Gasteiger partial charge in [0, 0.05) is 17.6 Å². The second-order valence-corrected chi connectivity index (χ2v) is 4.99. The van der Waals surface area contributed by atoms with Gasteiger partial charge in [0.15, 0.2) is 0 Å². The van der Waals surface area contributed by atoms with Crippen LogP contribution in [0, 0.1) is 0 Å². The molecule has 0 atom stereocenters. The molecule has 0 heterocycles. The van der Waals surface area contributed by atoms with Gasteiger partial charge in [0.2, 0.25) is 0 Å². The van der Waals surface area contributed by atoms with E-state index in [1.54, 1.807) is 0 Å². The molecule has 21 heavy (non-hydrogen) atoms. The molecule has 1 saturated carbocycles. The van der Waals surface area contributed by atoms with Gasteiger partial charge in [-0.25, -0.2) is 0 Å². The lowest BCUT2D eigenvalue weighted by Crippen LogP contribution is -2.40.